The van der Waals surface area contributed by atoms with Gasteiger partial charge in [-0.1, -0.05) is 12.1 Å². The van der Waals surface area contributed by atoms with Crippen molar-refractivity contribution in [2.45, 2.75) is 38.4 Å². The van der Waals surface area contributed by atoms with E-state index in [0.717, 1.165) is 24.3 Å². The summed E-state index contributed by atoms with van der Waals surface area (Å²) in [4.78, 5) is 2.59. The molecule has 1 aromatic rings. The first kappa shape index (κ1) is 15.4. The van der Waals surface area contributed by atoms with Crippen molar-refractivity contribution in [2.24, 2.45) is 17.8 Å². The molecule has 3 saturated heterocycles. The highest BCUT2D eigenvalue weighted by Crippen LogP contribution is 2.37. The SMILES string of the molecule is Oc1cccc(CN2CCC[C@H](C3CNC4NCCCC43)C2)c1. The molecule has 3 aliphatic rings. The zero-order valence-corrected chi connectivity index (χ0v) is 13.9. The van der Waals surface area contributed by atoms with Crippen LogP contribution in [0.1, 0.15) is 31.2 Å². The van der Waals surface area contributed by atoms with Gasteiger partial charge < -0.3 is 15.7 Å². The first-order valence-electron chi connectivity index (χ1n) is 9.26. The molecule has 1 aromatic carbocycles. The Bertz CT molecular complexity index is 535. The van der Waals surface area contributed by atoms with Crippen molar-refractivity contribution in [1.82, 2.24) is 15.5 Å². The van der Waals surface area contributed by atoms with Crippen LogP contribution in [0.4, 0.5) is 0 Å². The predicted octanol–water partition coefficient (Wildman–Crippen LogP) is 2.15. The Balaban J connectivity index is 1.39. The van der Waals surface area contributed by atoms with E-state index < -0.39 is 0 Å². The maximum atomic E-state index is 9.66. The summed E-state index contributed by atoms with van der Waals surface area (Å²) in [6.07, 6.45) is 5.98. The monoisotopic (exact) mass is 315 g/mol. The summed E-state index contributed by atoms with van der Waals surface area (Å²) in [6, 6.07) is 7.73. The molecule has 126 valence electrons. The summed E-state index contributed by atoms with van der Waals surface area (Å²) in [6.45, 7) is 5.74. The lowest BCUT2D eigenvalue weighted by Gasteiger charge is -2.39. The third-order valence-corrected chi connectivity index (χ3v) is 6.09. The van der Waals surface area contributed by atoms with E-state index in [1.54, 1.807) is 6.07 Å². The van der Waals surface area contributed by atoms with Gasteiger partial charge in [0.15, 0.2) is 0 Å². The number of piperidine rings is 2. The van der Waals surface area contributed by atoms with Crippen LogP contribution in [0.15, 0.2) is 24.3 Å². The molecule has 4 heteroatoms. The zero-order chi connectivity index (χ0) is 15.6. The Morgan fingerprint density at radius 3 is 3.00 bits per heavy atom. The molecule has 0 aliphatic carbocycles. The van der Waals surface area contributed by atoms with E-state index in [9.17, 15) is 5.11 Å². The van der Waals surface area contributed by atoms with Gasteiger partial charge in [0, 0.05) is 19.6 Å². The molecule has 4 atom stereocenters. The van der Waals surface area contributed by atoms with Crippen molar-refractivity contribution < 1.29 is 5.11 Å². The van der Waals surface area contributed by atoms with Crippen molar-refractivity contribution in [3.63, 3.8) is 0 Å². The molecule has 3 fully saturated rings. The topological polar surface area (TPSA) is 47.5 Å². The molecule has 0 radical (unpaired) electrons. The number of phenols is 1. The molecule has 3 N–H and O–H groups in total. The van der Waals surface area contributed by atoms with Crippen molar-refractivity contribution >= 4 is 0 Å². The third-order valence-electron chi connectivity index (χ3n) is 6.09. The number of hydrogen-bond donors (Lipinski definition) is 3. The Hall–Kier alpha value is -1.10. The highest BCUT2D eigenvalue weighted by atomic mass is 16.3. The molecule has 0 saturated carbocycles. The number of nitrogens with one attached hydrogen (secondary N) is 2. The minimum Gasteiger partial charge on any atom is -0.508 e. The van der Waals surface area contributed by atoms with Gasteiger partial charge in [0.1, 0.15) is 5.75 Å². The molecule has 0 aromatic heterocycles. The van der Waals surface area contributed by atoms with E-state index in [-0.39, 0.29) is 0 Å². The molecule has 3 aliphatic heterocycles. The molecule has 23 heavy (non-hydrogen) atoms. The second-order valence-corrected chi connectivity index (χ2v) is 7.62. The first-order valence-corrected chi connectivity index (χ1v) is 9.26. The Labute approximate surface area is 139 Å². The van der Waals surface area contributed by atoms with Crippen LogP contribution in [-0.2, 0) is 6.54 Å². The maximum Gasteiger partial charge on any atom is 0.115 e. The van der Waals surface area contributed by atoms with E-state index in [4.69, 9.17) is 0 Å². The lowest BCUT2D eigenvalue weighted by Crippen LogP contribution is -2.47. The number of fused-ring (bicyclic) bond motifs is 1. The molecule has 3 heterocycles. The molecule has 4 rings (SSSR count). The Morgan fingerprint density at radius 1 is 1.13 bits per heavy atom. The van der Waals surface area contributed by atoms with Crippen LogP contribution >= 0.6 is 0 Å². The third kappa shape index (κ3) is 3.39. The maximum absolute atomic E-state index is 9.66. The lowest BCUT2D eigenvalue weighted by atomic mass is 9.76. The van der Waals surface area contributed by atoms with E-state index >= 15 is 0 Å². The van der Waals surface area contributed by atoms with Gasteiger partial charge in [0.05, 0.1) is 6.17 Å². The lowest BCUT2D eigenvalue weighted by molar-refractivity contribution is 0.103. The number of nitrogens with zero attached hydrogens (tertiary/aromatic N) is 1. The van der Waals surface area contributed by atoms with Gasteiger partial charge in [-0.25, -0.2) is 0 Å². The number of hydrogen-bond acceptors (Lipinski definition) is 4. The van der Waals surface area contributed by atoms with Crippen LogP contribution in [0.3, 0.4) is 0 Å². The van der Waals surface area contributed by atoms with Gasteiger partial charge in [0.2, 0.25) is 0 Å². The number of aromatic hydroxyl groups is 1. The minimum atomic E-state index is 0.382. The molecule has 3 unspecified atom stereocenters. The summed E-state index contributed by atoms with van der Waals surface area (Å²) in [5, 5.41) is 17.0. The fraction of sp³-hybridized carbons (Fsp3) is 0.684. The molecule has 4 nitrogen and oxygen atoms in total. The average molecular weight is 315 g/mol. The van der Waals surface area contributed by atoms with Gasteiger partial charge in [0.25, 0.3) is 0 Å². The van der Waals surface area contributed by atoms with E-state index in [2.05, 4.69) is 21.6 Å². The quantitative estimate of drug-likeness (QED) is 0.800. The molecule has 0 bridgehead atoms. The van der Waals surface area contributed by atoms with Gasteiger partial charge in [-0.05, 0) is 74.2 Å². The van der Waals surface area contributed by atoms with Gasteiger partial charge in [-0.15, -0.1) is 0 Å². The summed E-state index contributed by atoms with van der Waals surface area (Å²) in [5.41, 5.74) is 1.23. The number of rotatable bonds is 3. The Morgan fingerprint density at radius 2 is 2.09 bits per heavy atom. The number of benzene rings is 1. The van der Waals surface area contributed by atoms with Gasteiger partial charge >= 0.3 is 0 Å². The highest BCUT2D eigenvalue weighted by Gasteiger charge is 2.41. The second-order valence-electron chi connectivity index (χ2n) is 7.62. The predicted molar refractivity (Wildman–Crippen MR) is 92.1 cm³/mol. The van der Waals surface area contributed by atoms with E-state index in [1.165, 1.54) is 57.4 Å². The van der Waals surface area contributed by atoms with E-state index in [0.29, 0.717) is 11.9 Å². The molecule has 0 spiro atoms. The molecular weight excluding hydrogens is 286 g/mol. The van der Waals surface area contributed by atoms with Gasteiger partial charge in [-0.2, -0.15) is 0 Å². The Kier molecular flexibility index (Phi) is 4.56. The fourth-order valence-electron chi connectivity index (χ4n) is 5.03. The summed E-state index contributed by atoms with van der Waals surface area (Å²) in [5.74, 6) is 2.87. The smallest absolute Gasteiger partial charge is 0.115 e. The van der Waals surface area contributed by atoms with Crippen LogP contribution in [0, 0.1) is 17.8 Å². The van der Waals surface area contributed by atoms with Crippen LogP contribution in [0.25, 0.3) is 0 Å². The fourth-order valence-corrected chi connectivity index (χ4v) is 5.03. The van der Waals surface area contributed by atoms with Crippen LogP contribution in [0.2, 0.25) is 0 Å². The average Bonchev–Trinajstić information content (AvgIpc) is 2.99. The first-order chi connectivity index (χ1) is 11.3. The van der Waals surface area contributed by atoms with Crippen molar-refractivity contribution in [1.29, 1.82) is 0 Å². The largest absolute Gasteiger partial charge is 0.508 e. The zero-order valence-electron chi connectivity index (χ0n) is 13.9. The number of likely N-dealkylation sites (tertiary alicyclic amines) is 1. The number of phenolic OH excluding ortho intramolecular Hbond substituents is 1. The van der Waals surface area contributed by atoms with Crippen molar-refractivity contribution in [2.75, 3.05) is 26.2 Å². The van der Waals surface area contributed by atoms with Crippen LogP contribution in [0.5, 0.6) is 5.75 Å². The van der Waals surface area contributed by atoms with Crippen LogP contribution in [-0.4, -0.2) is 42.4 Å². The van der Waals surface area contributed by atoms with Crippen LogP contribution < -0.4 is 10.6 Å². The summed E-state index contributed by atoms with van der Waals surface area (Å²) >= 11 is 0. The minimum absolute atomic E-state index is 0.382. The second kappa shape index (κ2) is 6.80. The standard InChI is InChI=1S/C19H29N3O/c23-16-6-1-4-14(10-16)12-22-9-3-5-15(13-22)18-11-21-19-17(18)7-2-8-20-19/h1,4,6,10,15,17-21,23H,2-3,5,7-9,11-13H2/t15-,17?,18?,19?/m0/s1. The van der Waals surface area contributed by atoms with Crippen molar-refractivity contribution in [3.8, 4) is 5.75 Å². The van der Waals surface area contributed by atoms with Crippen molar-refractivity contribution in [3.05, 3.63) is 29.8 Å². The molecule has 0 amide bonds. The highest BCUT2D eigenvalue weighted by molar-refractivity contribution is 5.27. The summed E-state index contributed by atoms with van der Waals surface area (Å²) < 4.78 is 0. The normalized spacial score (nSPS) is 35.1. The van der Waals surface area contributed by atoms with E-state index in [1.807, 2.05) is 12.1 Å². The van der Waals surface area contributed by atoms with Gasteiger partial charge in [-0.3, -0.25) is 4.90 Å². The summed E-state index contributed by atoms with van der Waals surface area (Å²) in [7, 11) is 0. The molecular formula is C19H29N3O.